The molecule has 0 unspecified atom stereocenters. The first-order chi connectivity index (χ1) is 21.7. The zero-order chi connectivity index (χ0) is 35.6. The van der Waals surface area contributed by atoms with E-state index in [-0.39, 0.29) is 47.7 Å². The highest BCUT2D eigenvalue weighted by molar-refractivity contribution is 7.89. The summed E-state index contributed by atoms with van der Waals surface area (Å²) in [7, 11) is -5.94. The molecule has 1 saturated heterocycles. The number of rotatable bonds is 12. The number of amides is 1. The molecule has 2 fully saturated rings. The van der Waals surface area contributed by atoms with Gasteiger partial charge in [0.15, 0.2) is 0 Å². The zero-order valence-corrected chi connectivity index (χ0v) is 33.8. The molecule has 0 radical (unpaired) electrons. The lowest BCUT2D eigenvalue weighted by molar-refractivity contribution is 0.0218. The summed E-state index contributed by atoms with van der Waals surface area (Å²) in [5, 5.41) is 0. The van der Waals surface area contributed by atoms with Gasteiger partial charge in [-0.15, -0.1) is 0 Å². The topological polar surface area (TPSA) is 76.2 Å². The molecule has 268 valence electrons. The number of sulfonamides is 1. The Hall–Kier alpha value is -1.68. The average molecular weight is 691 g/mol. The lowest BCUT2D eigenvalue weighted by Gasteiger charge is -2.38. The van der Waals surface area contributed by atoms with E-state index in [4.69, 9.17) is 9.47 Å². The van der Waals surface area contributed by atoms with Crippen LogP contribution in [0.1, 0.15) is 143 Å². The number of nitrogens with zero attached hydrogens (tertiary/aromatic N) is 2. The van der Waals surface area contributed by atoms with E-state index in [0.29, 0.717) is 23.8 Å². The zero-order valence-electron chi connectivity index (χ0n) is 32.0. The van der Waals surface area contributed by atoms with Crippen LogP contribution in [0.15, 0.2) is 28.7 Å². The van der Waals surface area contributed by atoms with Crippen molar-refractivity contribution in [3.05, 3.63) is 40.5 Å². The van der Waals surface area contributed by atoms with E-state index in [9.17, 15) is 4.79 Å². The van der Waals surface area contributed by atoms with Crippen LogP contribution in [0.3, 0.4) is 0 Å². The molecule has 1 aromatic carbocycles. The van der Waals surface area contributed by atoms with Gasteiger partial charge in [-0.25, -0.2) is 13.2 Å². The normalized spacial score (nSPS) is 23.1. The number of hydrogen-bond acceptors (Lipinski definition) is 5. The molecule has 1 aromatic rings. The van der Waals surface area contributed by atoms with Crippen molar-refractivity contribution in [2.45, 2.75) is 181 Å². The quantitative estimate of drug-likeness (QED) is 0.161. The first kappa shape index (κ1) is 39.8. The molecular formula is C38H66N2O5SSi. The van der Waals surface area contributed by atoms with Gasteiger partial charge in [-0.1, -0.05) is 92.2 Å². The van der Waals surface area contributed by atoms with Crippen LogP contribution in [0.2, 0.25) is 19.6 Å². The molecular weight excluding hydrogens is 625 g/mol. The Morgan fingerprint density at radius 3 is 1.96 bits per heavy atom. The number of carbonyl (C=O) groups excluding carboxylic acids is 1. The van der Waals surface area contributed by atoms with Crippen LogP contribution in [0.5, 0.6) is 0 Å². The van der Waals surface area contributed by atoms with E-state index < -0.39 is 24.3 Å². The minimum absolute atomic E-state index is 0.0255. The largest absolute Gasteiger partial charge is 0.446 e. The Labute approximate surface area is 288 Å². The van der Waals surface area contributed by atoms with Crippen molar-refractivity contribution < 1.29 is 22.7 Å². The van der Waals surface area contributed by atoms with Crippen LogP contribution in [0.4, 0.5) is 4.79 Å². The average Bonchev–Trinajstić information content (AvgIpc) is 3.40. The van der Waals surface area contributed by atoms with Crippen molar-refractivity contribution in [2.75, 3.05) is 6.61 Å². The molecule has 3 rings (SSSR count). The monoisotopic (exact) mass is 690 g/mol. The second kappa shape index (κ2) is 15.9. The number of hydrogen-bond donors (Lipinski definition) is 0. The van der Waals surface area contributed by atoms with Gasteiger partial charge in [0.25, 0.3) is 0 Å². The van der Waals surface area contributed by atoms with Crippen molar-refractivity contribution in [3.8, 4) is 0 Å². The molecule has 0 spiro atoms. The summed E-state index contributed by atoms with van der Waals surface area (Å²) in [6.45, 7) is 29.9. The van der Waals surface area contributed by atoms with Gasteiger partial charge in [0.05, 0.1) is 25.6 Å². The van der Waals surface area contributed by atoms with Gasteiger partial charge >= 0.3 is 6.09 Å². The Balaban J connectivity index is 2.16. The van der Waals surface area contributed by atoms with E-state index in [1.54, 1.807) is 9.21 Å². The predicted molar refractivity (Wildman–Crippen MR) is 197 cm³/mol. The maximum atomic E-state index is 15.2. The van der Waals surface area contributed by atoms with Gasteiger partial charge in [0, 0.05) is 18.0 Å². The minimum Gasteiger partial charge on any atom is -0.446 e. The highest BCUT2D eigenvalue weighted by atomic mass is 32.2. The van der Waals surface area contributed by atoms with E-state index >= 15 is 8.42 Å². The van der Waals surface area contributed by atoms with Crippen LogP contribution in [-0.4, -0.2) is 68.5 Å². The molecule has 2 aliphatic rings. The third kappa shape index (κ3) is 8.92. The Morgan fingerprint density at radius 2 is 1.51 bits per heavy atom. The van der Waals surface area contributed by atoms with E-state index in [1.165, 1.54) is 11.1 Å². The molecule has 1 saturated carbocycles. The van der Waals surface area contributed by atoms with Gasteiger partial charge < -0.3 is 14.4 Å². The molecule has 1 aliphatic heterocycles. The minimum atomic E-state index is -3.92. The predicted octanol–water partition coefficient (Wildman–Crippen LogP) is 9.80. The third-order valence-corrected chi connectivity index (χ3v) is 14.0. The van der Waals surface area contributed by atoms with Crippen LogP contribution in [-0.2, 0) is 19.5 Å². The molecule has 0 bridgehead atoms. The first-order valence-corrected chi connectivity index (χ1v) is 23.3. The van der Waals surface area contributed by atoms with Crippen molar-refractivity contribution in [1.29, 1.82) is 0 Å². The Bertz CT molecular complexity index is 1330. The Morgan fingerprint density at radius 1 is 0.957 bits per heavy atom. The molecule has 1 amide bonds. The molecule has 47 heavy (non-hydrogen) atoms. The Kier molecular flexibility index (Phi) is 13.4. The second-order valence-corrected chi connectivity index (χ2v) is 23.6. The third-order valence-electron chi connectivity index (χ3n) is 9.98. The molecule has 0 aromatic heterocycles. The molecule has 1 heterocycles. The fourth-order valence-corrected chi connectivity index (χ4v) is 10.9. The van der Waals surface area contributed by atoms with Crippen LogP contribution in [0, 0.1) is 5.92 Å². The van der Waals surface area contributed by atoms with Crippen LogP contribution < -0.4 is 0 Å². The summed E-state index contributed by atoms with van der Waals surface area (Å²) in [6, 6.07) is 4.05. The van der Waals surface area contributed by atoms with Crippen molar-refractivity contribution in [3.63, 3.8) is 0 Å². The van der Waals surface area contributed by atoms with Crippen LogP contribution >= 0.6 is 0 Å². The molecule has 4 atom stereocenters. The molecule has 0 N–H and O–H groups in total. The fourth-order valence-electron chi connectivity index (χ4n) is 7.22. The van der Waals surface area contributed by atoms with Gasteiger partial charge in [0.1, 0.15) is 12.0 Å². The van der Waals surface area contributed by atoms with Gasteiger partial charge in [-0.3, -0.25) is 0 Å². The summed E-state index contributed by atoms with van der Waals surface area (Å²) >= 11 is 0. The standard InChI is InChI=1S/C38H66N2O5SSi/c1-15-31-23-44-37(40(31)46(42,43)36-33(25(4)5)20-30(24(2)3)21-34(36)26(6)7)32-19-17-16-18-29(32)22-35(47(12,13)14)45-38(41)39(27(8)9)28(10)11/h20-22,24-28,31-32,35,37H,15-19,23H2,1-14H3/b29-22-/t31-,32-,35+,37-/m1/s1. The summed E-state index contributed by atoms with van der Waals surface area (Å²) in [6.07, 6.45) is 5.72. The van der Waals surface area contributed by atoms with E-state index in [2.05, 4.69) is 86.3 Å². The SMILES string of the molecule is CC[C@@H]1CO[C@H]([C@@H]2CCCC/C2=C/[C@@H](OC(=O)N(C(C)C)C(C)C)[Si](C)(C)C)N1S(=O)(=O)c1c(C(C)C)cc(C(C)C)cc1C(C)C. The highest BCUT2D eigenvalue weighted by Crippen LogP contribution is 2.44. The molecule has 7 nitrogen and oxygen atoms in total. The smallest absolute Gasteiger partial charge is 0.410 e. The van der Waals surface area contributed by atoms with Gasteiger partial charge in [-0.05, 0) is 93.9 Å². The highest BCUT2D eigenvalue weighted by Gasteiger charge is 2.49. The van der Waals surface area contributed by atoms with Gasteiger partial charge in [0.2, 0.25) is 10.0 Å². The maximum Gasteiger partial charge on any atom is 0.410 e. The molecule has 1 aliphatic carbocycles. The molecule has 9 heteroatoms. The van der Waals surface area contributed by atoms with Crippen molar-refractivity contribution >= 4 is 24.2 Å². The lowest BCUT2D eigenvalue weighted by atomic mass is 9.82. The lowest BCUT2D eigenvalue weighted by Crippen LogP contribution is -2.49. The number of carbonyl (C=O) groups is 1. The fraction of sp³-hybridized carbons (Fsp3) is 0.763. The summed E-state index contributed by atoms with van der Waals surface area (Å²) in [5.41, 5.74) is 3.80. The first-order valence-electron chi connectivity index (χ1n) is 18.3. The summed E-state index contributed by atoms with van der Waals surface area (Å²) in [4.78, 5) is 15.8. The maximum absolute atomic E-state index is 15.2. The van der Waals surface area contributed by atoms with E-state index in [1.807, 2.05) is 27.7 Å². The van der Waals surface area contributed by atoms with Crippen molar-refractivity contribution in [1.82, 2.24) is 9.21 Å². The summed E-state index contributed by atoms with van der Waals surface area (Å²) < 4.78 is 45.0. The summed E-state index contributed by atoms with van der Waals surface area (Å²) in [5.74, 6) is 0.293. The van der Waals surface area contributed by atoms with Crippen molar-refractivity contribution in [2.24, 2.45) is 5.92 Å². The second-order valence-electron chi connectivity index (χ2n) is 16.5. The number of ether oxygens (including phenoxy) is 2. The van der Waals surface area contributed by atoms with E-state index in [0.717, 1.165) is 36.8 Å². The number of benzene rings is 1. The van der Waals surface area contributed by atoms with Gasteiger partial charge in [-0.2, -0.15) is 4.31 Å². The van der Waals surface area contributed by atoms with Crippen LogP contribution in [0.25, 0.3) is 0 Å².